The van der Waals surface area contributed by atoms with E-state index in [2.05, 4.69) is 83.1 Å². The molecular weight excluding hydrogens is 338 g/mol. The van der Waals surface area contributed by atoms with Crippen LogP contribution in [0, 0.1) is 0 Å². The van der Waals surface area contributed by atoms with Crippen molar-refractivity contribution in [1.82, 2.24) is 0 Å². The van der Waals surface area contributed by atoms with E-state index in [9.17, 15) is 0 Å². The molecule has 126 valence electrons. The summed E-state index contributed by atoms with van der Waals surface area (Å²) in [6.07, 6.45) is 2.02. The molecule has 0 saturated carbocycles. The van der Waals surface area contributed by atoms with Crippen molar-refractivity contribution in [3.8, 4) is 11.1 Å². The molecule has 2 aliphatic heterocycles. The first-order chi connectivity index (χ1) is 12.9. The SMILES string of the molecule is C1=NC(Nc2ccc(-c3ccccc3)cc2)=NC2c3ccccc3SC12. The lowest BCUT2D eigenvalue weighted by Crippen LogP contribution is -2.22. The maximum Gasteiger partial charge on any atom is 0.222 e. The van der Waals surface area contributed by atoms with E-state index >= 15 is 0 Å². The number of guanidine groups is 1. The predicted octanol–water partition coefficient (Wildman–Crippen LogP) is 5.42. The molecule has 2 atom stereocenters. The molecule has 0 aliphatic carbocycles. The topological polar surface area (TPSA) is 36.8 Å². The van der Waals surface area contributed by atoms with Crippen LogP contribution in [-0.4, -0.2) is 17.4 Å². The normalized spacial score (nSPS) is 20.2. The van der Waals surface area contributed by atoms with Gasteiger partial charge in [-0.25, -0.2) is 9.98 Å². The van der Waals surface area contributed by atoms with Gasteiger partial charge in [0.05, 0.1) is 11.3 Å². The van der Waals surface area contributed by atoms with Gasteiger partial charge in [-0.1, -0.05) is 60.7 Å². The number of nitrogens with zero attached hydrogens (tertiary/aromatic N) is 2. The van der Waals surface area contributed by atoms with Gasteiger partial charge in [-0.05, 0) is 34.9 Å². The van der Waals surface area contributed by atoms with Gasteiger partial charge in [0.25, 0.3) is 0 Å². The van der Waals surface area contributed by atoms with Crippen LogP contribution in [0.3, 0.4) is 0 Å². The van der Waals surface area contributed by atoms with Crippen molar-refractivity contribution in [1.29, 1.82) is 0 Å². The van der Waals surface area contributed by atoms with Crippen molar-refractivity contribution < 1.29 is 0 Å². The fourth-order valence-corrected chi connectivity index (χ4v) is 4.59. The van der Waals surface area contributed by atoms with E-state index < -0.39 is 0 Å². The van der Waals surface area contributed by atoms with Crippen LogP contribution >= 0.6 is 11.8 Å². The number of hydrogen-bond acceptors (Lipinski definition) is 4. The number of fused-ring (bicyclic) bond motifs is 3. The van der Waals surface area contributed by atoms with Gasteiger partial charge in [0, 0.05) is 16.8 Å². The standard InChI is InChI=1S/C22H17N3S/c1-2-6-15(7-3-1)16-10-12-17(13-11-16)24-22-23-14-20-21(25-22)18-8-4-5-9-19(18)26-20/h1-14,20-21H,(H,24,25). The highest BCUT2D eigenvalue weighted by Gasteiger charge is 2.34. The van der Waals surface area contributed by atoms with Crippen molar-refractivity contribution in [2.45, 2.75) is 16.2 Å². The first kappa shape index (κ1) is 15.4. The van der Waals surface area contributed by atoms with Gasteiger partial charge in [-0.3, -0.25) is 0 Å². The van der Waals surface area contributed by atoms with Crippen molar-refractivity contribution in [3.05, 3.63) is 84.4 Å². The van der Waals surface area contributed by atoms with Crippen LogP contribution in [0.2, 0.25) is 0 Å². The Kier molecular flexibility index (Phi) is 3.83. The molecule has 1 N–H and O–H groups in total. The fraction of sp³-hybridized carbons (Fsp3) is 0.0909. The van der Waals surface area contributed by atoms with E-state index in [0.29, 0.717) is 11.2 Å². The summed E-state index contributed by atoms with van der Waals surface area (Å²) in [6.45, 7) is 0. The average molecular weight is 355 g/mol. The molecule has 26 heavy (non-hydrogen) atoms. The van der Waals surface area contributed by atoms with Gasteiger partial charge < -0.3 is 5.32 Å². The molecule has 0 fully saturated rings. The Balaban J connectivity index is 1.36. The third kappa shape index (κ3) is 2.82. The van der Waals surface area contributed by atoms with Gasteiger partial charge in [-0.15, -0.1) is 11.8 Å². The summed E-state index contributed by atoms with van der Waals surface area (Å²) in [6, 6.07) is 27.4. The van der Waals surface area contributed by atoms with E-state index in [1.807, 2.05) is 24.0 Å². The van der Waals surface area contributed by atoms with E-state index in [4.69, 9.17) is 4.99 Å². The second kappa shape index (κ2) is 6.46. The average Bonchev–Trinajstić information content (AvgIpc) is 3.07. The Morgan fingerprint density at radius 1 is 0.769 bits per heavy atom. The zero-order valence-corrected chi connectivity index (χ0v) is 14.9. The lowest BCUT2D eigenvalue weighted by molar-refractivity contribution is 0.780. The Hall–Kier alpha value is -2.85. The van der Waals surface area contributed by atoms with Crippen molar-refractivity contribution in [2.75, 3.05) is 5.32 Å². The van der Waals surface area contributed by atoms with Crippen molar-refractivity contribution in [3.63, 3.8) is 0 Å². The first-order valence-electron chi connectivity index (χ1n) is 8.67. The lowest BCUT2D eigenvalue weighted by atomic mass is 10.0. The van der Waals surface area contributed by atoms with Crippen molar-refractivity contribution in [2.24, 2.45) is 9.98 Å². The molecule has 5 rings (SSSR count). The highest BCUT2D eigenvalue weighted by Crippen LogP contribution is 2.46. The minimum atomic E-state index is 0.153. The Morgan fingerprint density at radius 3 is 2.35 bits per heavy atom. The summed E-state index contributed by atoms with van der Waals surface area (Å²) in [5, 5.41) is 3.65. The highest BCUT2D eigenvalue weighted by molar-refractivity contribution is 8.01. The number of rotatable bonds is 2. The predicted molar refractivity (Wildman–Crippen MR) is 110 cm³/mol. The molecular formula is C22H17N3S. The van der Waals surface area contributed by atoms with Crippen LogP contribution in [0.4, 0.5) is 5.69 Å². The quantitative estimate of drug-likeness (QED) is 0.666. The first-order valence-corrected chi connectivity index (χ1v) is 9.55. The van der Waals surface area contributed by atoms with E-state index in [0.717, 1.165) is 5.69 Å². The molecule has 4 heteroatoms. The molecule has 0 aromatic heterocycles. The molecule has 3 aromatic rings. The number of aliphatic imine (C=N–C) groups is 2. The third-order valence-electron chi connectivity index (χ3n) is 4.67. The number of nitrogens with one attached hydrogen (secondary N) is 1. The Morgan fingerprint density at radius 2 is 1.50 bits per heavy atom. The second-order valence-corrected chi connectivity index (χ2v) is 7.58. The summed E-state index contributed by atoms with van der Waals surface area (Å²) in [5.41, 5.74) is 4.71. The van der Waals surface area contributed by atoms with E-state index in [1.165, 1.54) is 21.6 Å². The zero-order valence-electron chi connectivity index (χ0n) is 14.0. The molecule has 0 radical (unpaired) electrons. The molecule has 3 aromatic carbocycles. The molecule has 0 saturated heterocycles. The summed E-state index contributed by atoms with van der Waals surface area (Å²) < 4.78 is 0. The molecule has 2 aliphatic rings. The second-order valence-electron chi connectivity index (χ2n) is 6.36. The fourth-order valence-electron chi connectivity index (χ4n) is 3.35. The summed E-state index contributed by atoms with van der Waals surface area (Å²) in [7, 11) is 0. The van der Waals surface area contributed by atoms with Crippen LogP contribution in [0.5, 0.6) is 0 Å². The van der Waals surface area contributed by atoms with Gasteiger partial charge in [0.15, 0.2) is 0 Å². The number of hydrogen-bond donors (Lipinski definition) is 1. The van der Waals surface area contributed by atoms with Crippen molar-refractivity contribution >= 4 is 29.6 Å². The molecule has 0 amide bonds. The number of benzene rings is 3. The monoisotopic (exact) mass is 355 g/mol. The summed E-state index contributed by atoms with van der Waals surface area (Å²) in [4.78, 5) is 10.7. The van der Waals surface area contributed by atoms with Gasteiger partial charge in [-0.2, -0.15) is 0 Å². The zero-order chi connectivity index (χ0) is 17.3. The minimum Gasteiger partial charge on any atom is -0.324 e. The maximum atomic E-state index is 4.85. The van der Waals surface area contributed by atoms with Crippen LogP contribution < -0.4 is 5.32 Å². The van der Waals surface area contributed by atoms with Crippen LogP contribution in [0.15, 0.2) is 93.7 Å². The smallest absolute Gasteiger partial charge is 0.222 e. The van der Waals surface area contributed by atoms with Gasteiger partial charge in [0.1, 0.15) is 0 Å². The molecule has 0 spiro atoms. The number of thioether (sulfide) groups is 1. The number of anilines is 1. The Labute approximate surface area is 156 Å². The summed E-state index contributed by atoms with van der Waals surface area (Å²) >= 11 is 1.84. The lowest BCUT2D eigenvalue weighted by Gasteiger charge is -2.18. The molecule has 0 bridgehead atoms. The minimum absolute atomic E-state index is 0.153. The van der Waals surface area contributed by atoms with E-state index in [1.54, 1.807) is 0 Å². The summed E-state index contributed by atoms with van der Waals surface area (Å²) in [5.74, 6) is 0.677. The largest absolute Gasteiger partial charge is 0.324 e. The molecule has 2 heterocycles. The van der Waals surface area contributed by atoms with E-state index in [-0.39, 0.29) is 6.04 Å². The molecule has 3 nitrogen and oxygen atoms in total. The van der Waals surface area contributed by atoms with Crippen LogP contribution in [0.1, 0.15) is 11.6 Å². The van der Waals surface area contributed by atoms with Crippen LogP contribution in [-0.2, 0) is 0 Å². The van der Waals surface area contributed by atoms with Gasteiger partial charge in [0.2, 0.25) is 5.96 Å². The van der Waals surface area contributed by atoms with Crippen LogP contribution in [0.25, 0.3) is 11.1 Å². The molecule has 2 unspecified atom stereocenters. The third-order valence-corrected chi connectivity index (χ3v) is 5.94. The maximum absolute atomic E-state index is 4.85. The van der Waals surface area contributed by atoms with Gasteiger partial charge >= 0.3 is 0 Å². The highest BCUT2D eigenvalue weighted by atomic mass is 32.2. The Bertz CT molecular complexity index is 993.